The molecule has 0 spiro atoms. The van der Waals surface area contributed by atoms with Crippen LogP contribution < -0.4 is 10.6 Å². The van der Waals surface area contributed by atoms with Crippen LogP contribution in [0.1, 0.15) is 40.5 Å². The molecule has 0 aromatic heterocycles. The summed E-state index contributed by atoms with van der Waals surface area (Å²) in [6, 6.07) is -1.07. The predicted molar refractivity (Wildman–Crippen MR) is 82.3 cm³/mol. The summed E-state index contributed by atoms with van der Waals surface area (Å²) in [5.41, 5.74) is 0. The summed E-state index contributed by atoms with van der Waals surface area (Å²) in [6.07, 6.45) is 0.198. The molecule has 1 rings (SSSR count). The van der Waals surface area contributed by atoms with Crippen LogP contribution in [0.25, 0.3) is 0 Å². The molecule has 21 heavy (non-hydrogen) atoms. The maximum absolute atomic E-state index is 12.1. The van der Waals surface area contributed by atoms with Crippen molar-refractivity contribution in [3.8, 4) is 0 Å². The van der Waals surface area contributed by atoms with Crippen LogP contribution in [0.5, 0.6) is 0 Å². The van der Waals surface area contributed by atoms with Gasteiger partial charge < -0.3 is 20.5 Å². The Kier molecular flexibility index (Phi) is 8.85. The van der Waals surface area contributed by atoms with Gasteiger partial charge in [-0.15, -0.1) is 12.4 Å². The zero-order valence-electron chi connectivity index (χ0n) is 13.1. The van der Waals surface area contributed by atoms with Gasteiger partial charge in [-0.2, -0.15) is 0 Å². The molecule has 0 bridgehead atoms. The summed E-state index contributed by atoms with van der Waals surface area (Å²) < 4.78 is 5.17. The highest BCUT2D eigenvalue weighted by Gasteiger charge is 2.31. The fraction of sp³-hybridized carbons (Fsp3) is 0.857. The minimum Gasteiger partial charge on any atom is -0.461 e. The number of nitrogens with one attached hydrogen (secondary N) is 2. The minimum absolute atomic E-state index is 0. The second kappa shape index (κ2) is 9.23. The highest BCUT2D eigenvalue weighted by atomic mass is 35.5. The summed E-state index contributed by atoms with van der Waals surface area (Å²) in [7, 11) is 0. The van der Waals surface area contributed by atoms with Gasteiger partial charge in [0.15, 0.2) is 0 Å². The number of amides is 1. The molecule has 1 heterocycles. The Morgan fingerprint density at radius 2 is 1.95 bits per heavy atom. The molecule has 1 fully saturated rings. The standard InChI is InChI=1S/C14H26N2O4.ClH/c1-8(2)5-12(14(19)20-9(3)4)16-13(18)11-6-10(17)7-15-11;/h8-12,15,17H,5-7H2,1-4H3,(H,16,18);1H/t10?,11?,12-;/m0./s1. The molecule has 0 aromatic carbocycles. The molecule has 7 heteroatoms. The summed E-state index contributed by atoms with van der Waals surface area (Å²) in [5.74, 6) is -0.393. The van der Waals surface area contributed by atoms with Crippen LogP contribution in [-0.4, -0.2) is 47.8 Å². The van der Waals surface area contributed by atoms with Crippen LogP contribution in [0.4, 0.5) is 0 Å². The van der Waals surface area contributed by atoms with Crippen LogP contribution in [0, 0.1) is 5.92 Å². The number of rotatable bonds is 6. The Morgan fingerprint density at radius 1 is 1.33 bits per heavy atom. The second-order valence-electron chi connectivity index (χ2n) is 6.03. The topological polar surface area (TPSA) is 87.7 Å². The number of halogens is 1. The first-order valence-corrected chi connectivity index (χ1v) is 7.22. The number of carbonyl (C=O) groups excluding carboxylic acids is 2. The maximum atomic E-state index is 12.1. The molecule has 3 atom stereocenters. The summed E-state index contributed by atoms with van der Waals surface area (Å²) in [5, 5.41) is 15.1. The predicted octanol–water partition coefficient (Wildman–Crippen LogP) is 0.613. The lowest BCUT2D eigenvalue weighted by Crippen LogP contribution is -2.49. The van der Waals surface area contributed by atoms with Crippen LogP contribution in [-0.2, 0) is 14.3 Å². The van der Waals surface area contributed by atoms with Crippen LogP contribution in [0.15, 0.2) is 0 Å². The van der Waals surface area contributed by atoms with Crippen molar-refractivity contribution in [3.05, 3.63) is 0 Å². The molecule has 2 unspecified atom stereocenters. The van der Waals surface area contributed by atoms with Crippen molar-refractivity contribution in [1.82, 2.24) is 10.6 Å². The van der Waals surface area contributed by atoms with Crippen LogP contribution >= 0.6 is 12.4 Å². The number of ether oxygens (including phenoxy) is 1. The van der Waals surface area contributed by atoms with Gasteiger partial charge in [0.25, 0.3) is 0 Å². The van der Waals surface area contributed by atoms with E-state index < -0.39 is 24.2 Å². The first-order chi connectivity index (χ1) is 9.29. The third-order valence-electron chi connectivity index (χ3n) is 3.08. The quantitative estimate of drug-likeness (QED) is 0.624. The van der Waals surface area contributed by atoms with E-state index in [2.05, 4.69) is 10.6 Å². The number of aliphatic hydroxyl groups is 1. The van der Waals surface area contributed by atoms with Crippen LogP contribution in [0.2, 0.25) is 0 Å². The van der Waals surface area contributed by atoms with E-state index >= 15 is 0 Å². The molecule has 0 saturated carbocycles. The molecule has 1 aliphatic rings. The molecule has 0 aromatic rings. The van der Waals surface area contributed by atoms with Gasteiger partial charge in [0.2, 0.25) is 5.91 Å². The molecule has 1 amide bonds. The Hall–Kier alpha value is -0.850. The van der Waals surface area contributed by atoms with Gasteiger partial charge in [0, 0.05) is 6.54 Å². The summed E-state index contributed by atoms with van der Waals surface area (Å²) in [6.45, 7) is 7.93. The van der Waals surface area contributed by atoms with E-state index in [1.165, 1.54) is 0 Å². The van der Waals surface area contributed by atoms with Gasteiger partial charge in [-0.1, -0.05) is 13.8 Å². The molecule has 3 N–H and O–H groups in total. The number of esters is 1. The van der Waals surface area contributed by atoms with Crippen molar-refractivity contribution >= 4 is 24.3 Å². The van der Waals surface area contributed by atoms with Gasteiger partial charge in [0.1, 0.15) is 6.04 Å². The Labute approximate surface area is 132 Å². The number of hydrogen-bond acceptors (Lipinski definition) is 5. The summed E-state index contributed by atoms with van der Waals surface area (Å²) >= 11 is 0. The first-order valence-electron chi connectivity index (χ1n) is 7.22. The summed E-state index contributed by atoms with van der Waals surface area (Å²) in [4.78, 5) is 24.1. The molecular weight excluding hydrogens is 296 g/mol. The van der Waals surface area contributed by atoms with E-state index in [0.29, 0.717) is 19.4 Å². The van der Waals surface area contributed by atoms with Gasteiger partial charge >= 0.3 is 5.97 Å². The van der Waals surface area contributed by atoms with Crippen molar-refractivity contribution < 1.29 is 19.4 Å². The minimum atomic E-state index is -0.635. The van der Waals surface area contributed by atoms with Crippen molar-refractivity contribution in [2.75, 3.05) is 6.54 Å². The smallest absolute Gasteiger partial charge is 0.328 e. The van der Waals surface area contributed by atoms with E-state index in [1.807, 2.05) is 13.8 Å². The maximum Gasteiger partial charge on any atom is 0.328 e. The molecule has 6 nitrogen and oxygen atoms in total. The van der Waals surface area contributed by atoms with Gasteiger partial charge in [-0.25, -0.2) is 4.79 Å². The SMILES string of the molecule is CC(C)C[C@H](NC(=O)C1CC(O)CN1)C(=O)OC(C)C.Cl. The third kappa shape index (κ3) is 7.11. The zero-order chi connectivity index (χ0) is 15.3. The average molecular weight is 323 g/mol. The lowest BCUT2D eigenvalue weighted by atomic mass is 10.0. The van der Waals surface area contributed by atoms with E-state index in [0.717, 1.165) is 0 Å². The van der Waals surface area contributed by atoms with E-state index in [1.54, 1.807) is 13.8 Å². The van der Waals surface area contributed by atoms with E-state index in [4.69, 9.17) is 4.74 Å². The average Bonchev–Trinajstić information content (AvgIpc) is 2.73. The Bertz CT molecular complexity index is 350. The molecule has 124 valence electrons. The normalized spacial score (nSPS) is 22.8. The van der Waals surface area contributed by atoms with E-state index in [9.17, 15) is 14.7 Å². The van der Waals surface area contributed by atoms with Crippen molar-refractivity contribution in [2.45, 2.75) is 64.8 Å². The first kappa shape index (κ1) is 20.1. The van der Waals surface area contributed by atoms with Gasteiger partial charge in [-0.05, 0) is 32.6 Å². The van der Waals surface area contributed by atoms with Gasteiger partial charge in [0.05, 0.1) is 18.2 Å². The second-order valence-corrected chi connectivity index (χ2v) is 6.03. The van der Waals surface area contributed by atoms with E-state index in [-0.39, 0.29) is 30.3 Å². The monoisotopic (exact) mass is 322 g/mol. The number of aliphatic hydroxyl groups excluding tert-OH is 1. The fourth-order valence-corrected chi connectivity index (χ4v) is 2.19. The molecule has 1 saturated heterocycles. The number of β-amino-alcohol motifs (C(OH)–C–C–N with tert-alkyl or cyclic N) is 1. The molecule has 0 aliphatic carbocycles. The Morgan fingerprint density at radius 3 is 2.38 bits per heavy atom. The number of hydrogen-bond donors (Lipinski definition) is 3. The van der Waals surface area contributed by atoms with Crippen molar-refractivity contribution in [1.29, 1.82) is 0 Å². The largest absolute Gasteiger partial charge is 0.461 e. The van der Waals surface area contributed by atoms with Crippen LogP contribution in [0.3, 0.4) is 0 Å². The van der Waals surface area contributed by atoms with Gasteiger partial charge in [-0.3, -0.25) is 4.79 Å². The lowest BCUT2D eigenvalue weighted by molar-refractivity contribution is -0.152. The lowest BCUT2D eigenvalue weighted by Gasteiger charge is -2.22. The Balaban J connectivity index is 0.00000400. The third-order valence-corrected chi connectivity index (χ3v) is 3.08. The molecule has 1 aliphatic heterocycles. The van der Waals surface area contributed by atoms with Crippen molar-refractivity contribution in [2.24, 2.45) is 5.92 Å². The highest BCUT2D eigenvalue weighted by Crippen LogP contribution is 2.11. The fourth-order valence-electron chi connectivity index (χ4n) is 2.19. The zero-order valence-corrected chi connectivity index (χ0v) is 13.9. The highest BCUT2D eigenvalue weighted by molar-refractivity contribution is 5.87. The molecular formula is C14H27ClN2O4. The molecule has 0 radical (unpaired) electrons. The number of carbonyl (C=O) groups is 2. The van der Waals surface area contributed by atoms with Crippen molar-refractivity contribution in [3.63, 3.8) is 0 Å².